The summed E-state index contributed by atoms with van der Waals surface area (Å²) in [5, 5.41) is 4.82. The molecule has 2 heterocycles. The van der Waals surface area contributed by atoms with Crippen LogP contribution in [0.2, 0.25) is 0 Å². The Labute approximate surface area is 81.8 Å². The molecule has 2 rings (SSSR count). The van der Waals surface area contributed by atoms with Gasteiger partial charge in [-0.1, -0.05) is 0 Å². The molecular formula is C5H5N5O4S. The molecule has 0 saturated heterocycles. The zero-order chi connectivity index (χ0) is 11.2. The van der Waals surface area contributed by atoms with Gasteiger partial charge in [0.1, 0.15) is 6.33 Å². The Kier molecular flexibility index (Phi) is 1.78. The van der Waals surface area contributed by atoms with E-state index in [9.17, 15) is 18.0 Å². The predicted octanol–water partition coefficient (Wildman–Crippen LogP) is -2.54. The topological polar surface area (TPSA) is 144 Å². The second kappa shape index (κ2) is 2.77. The summed E-state index contributed by atoms with van der Waals surface area (Å²) in [6, 6.07) is 0. The molecule has 0 unspecified atom stereocenters. The van der Waals surface area contributed by atoms with Crippen molar-refractivity contribution in [1.29, 1.82) is 0 Å². The third-order valence-corrected chi connectivity index (χ3v) is 2.51. The lowest BCUT2D eigenvalue weighted by Gasteiger charge is -1.97. The van der Waals surface area contributed by atoms with Crippen LogP contribution in [0.5, 0.6) is 0 Å². The standard InChI is InChI=1S/C5H5N5O4S/c6-15(13,14)10-1-7-3-2(10)4(11)9-5(12)8-3/h1H,(H2,6,13,14)(H2,8,9,11,12). The number of nitrogens with two attached hydrogens (primary N) is 1. The number of aromatic amines is 2. The first-order chi connectivity index (χ1) is 6.89. The lowest BCUT2D eigenvalue weighted by atomic mass is 10.5. The summed E-state index contributed by atoms with van der Waals surface area (Å²) in [4.78, 5) is 29.7. The van der Waals surface area contributed by atoms with E-state index < -0.39 is 21.5 Å². The fourth-order valence-electron chi connectivity index (χ4n) is 1.13. The van der Waals surface area contributed by atoms with E-state index in [0.29, 0.717) is 3.97 Å². The fourth-order valence-corrected chi connectivity index (χ4v) is 1.73. The summed E-state index contributed by atoms with van der Waals surface area (Å²) in [5.41, 5.74) is -2.11. The highest BCUT2D eigenvalue weighted by atomic mass is 32.2. The largest absolute Gasteiger partial charge is 0.327 e. The molecule has 0 aliphatic heterocycles. The van der Waals surface area contributed by atoms with Crippen molar-refractivity contribution in [3.8, 4) is 0 Å². The summed E-state index contributed by atoms with van der Waals surface area (Å²) in [5.74, 6) is 0. The molecule has 0 fully saturated rings. The zero-order valence-corrected chi connectivity index (χ0v) is 7.91. The van der Waals surface area contributed by atoms with E-state index >= 15 is 0 Å². The third-order valence-electron chi connectivity index (χ3n) is 1.68. The van der Waals surface area contributed by atoms with Crippen LogP contribution in [0.3, 0.4) is 0 Å². The quantitative estimate of drug-likeness (QED) is 0.495. The fraction of sp³-hybridized carbons (Fsp3) is 0. The Morgan fingerprint density at radius 2 is 2.00 bits per heavy atom. The third kappa shape index (κ3) is 1.45. The van der Waals surface area contributed by atoms with Crippen LogP contribution in [0.1, 0.15) is 0 Å². The molecule has 15 heavy (non-hydrogen) atoms. The van der Waals surface area contributed by atoms with E-state index in [-0.39, 0.29) is 11.2 Å². The van der Waals surface area contributed by atoms with Gasteiger partial charge in [-0.3, -0.25) is 14.8 Å². The average Bonchev–Trinajstić information content (AvgIpc) is 2.45. The number of hydrogen-bond donors (Lipinski definition) is 3. The Balaban J connectivity index is 3.06. The monoisotopic (exact) mass is 231 g/mol. The normalized spacial score (nSPS) is 12.1. The summed E-state index contributed by atoms with van der Waals surface area (Å²) < 4.78 is 22.5. The molecular weight excluding hydrogens is 226 g/mol. The molecule has 0 aromatic carbocycles. The van der Waals surface area contributed by atoms with Crippen LogP contribution >= 0.6 is 0 Å². The summed E-state index contributed by atoms with van der Waals surface area (Å²) in [7, 11) is -4.11. The van der Waals surface area contributed by atoms with Crippen molar-refractivity contribution >= 4 is 21.4 Å². The predicted molar refractivity (Wildman–Crippen MR) is 49.5 cm³/mol. The van der Waals surface area contributed by atoms with Gasteiger partial charge in [0.05, 0.1) is 0 Å². The van der Waals surface area contributed by atoms with Crippen molar-refractivity contribution in [3.63, 3.8) is 0 Å². The van der Waals surface area contributed by atoms with Crippen LogP contribution < -0.4 is 16.4 Å². The molecule has 0 radical (unpaired) electrons. The van der Waals surface area contributed by atoms with Crippen LogP contribution in [0.15, 0.2) is 15.9 Å². The van der Waals surface area contributed by atoms with Gasteiger partial charge in [-0.05, 0) is 0 Å². The summed E-state index contributed by atoms with van der Waals surface area (Å²) in [6.07, 6.45) is 0.838. The first kappa shape index (κ1) is 9.61. The number of fused-ring (bicyclic) bond motifs is 1. The van der Waals surface area contributed by atoms with Gasteiger partial charge in [0.2, 0.25) is 0 Å². The maximum absolute atomic E-state index is 11.3. The smallest absolute Gasteiger partial charge is 0.290 e. The van der Waals surface area contributed by atoms with Gasteiger partial charge in [-0.15, -0.1) is 0 Å². The molecule has 2 aromatic heterocycles. The van der Waals surface area contributed by atoms with Crippen molar-refractivity contribution in [2.75, 3.05) is 0 Å². The second-order valence-corrected chi connectivity index (χ2v) is 4.11. The second-order valence-electron chi connectivity index (χ2n) is 2.69. The van der Waals surface area contributed by atoms with E-state index in [2.05, 4.69) is 9.97 Å². The molecule has 10 heteroatoms. The number of aromatic nitrogens is 4. The van der Waals surface area contributed by atoms with E-state index in [4.69, 9.17) is 5.14 Å². The van der Waals surface area contributed by atoms with Crippen molar-refractivity contribution in [2.45, 2.75) is 0 Å². The maximum atomic E-state index is 11.3. The van der Waals surface area contributed by atoms with Crippen molar-refractivity contribution in [2.24, 2.45) is 5.14 Å². The average molecular weight is 231 g/mol. The van der Waals surface area contributed by atoms with Crippen LogP contribution in [0, 0.1) is 0 Å². The molecule has 0 aliphatic rings. The van der Waals surface area contributed by atoms with Crippen LogP contribution in [-0.2, 0) is 10.2 Å². The number of H-pyrrole nitrogens is 2. The van der Waals surface area contributed by atoms with Gasteiger partial charge in [-0.25, -0.2) is 18.9 Å². The number of hydrogen-bond acceptors (Lipinski definition) is 5. The van der Waals surface area contributed by atoms with E-state index in [1.54, 1.807) is 0 Å². The van der Waals surface area contributed by atoms with Gasteiger partial charge in [0, 0.05) is 0 Å². The zero-order valence-electron chi connectivity index (χ0n) is 7.09. The molecule has 2 aromatic rings. The van der Waals surface area contributed by atoms with Crippen molar-refractivity contribution in [3.05, 3.63) is 27.2 Å². The van der Waals surface area contributed by atoms with Gasteiger partial charge in [0.25, 0.3) is 5.56 Å². The minimum Gasteiger partial charge on any atom is -0.290 e. The molecule has 0 bridgehead atoms. The minimum absolute atomic E-state index is 0.141. The van der Waals surface area contributed by atoms with E-state index in [1.165, 1.54) is 0 Å². The minimum atomic E-state index is -4.11. The Hall–Kier alpha value is -1.94. The highest BCUT2D eigenvalue weighted by Crippen LogP contribution is 2.03. The van der Waals surface area contributed by atoms with Crippen molar-refractivity contribution < 1.29 is 8.42 Å². The molecule has 9 nitrogen and oxygen atoms in total. The van der Waals surface area contributed by atoms with Crippen LogP contribution in [-0.4, -0.2) is 27.3 Å². The Morgan fingerprint density at radius 1 is 1.33 bits per heavy atom. The number of imidazole rings is 1. The highest BCUT2D eigenvalue weighted by Gasteiger charge is 2.15. The number of nitrogens with one attached hydrogen (secondary N) is 2. The molecule has 80 valence electrons. The maximum Gasteiger partial charge on any atom is 0.327 e. The van der Waals surface area contributed by atoms with Gasteiger partial charge in [-0.2, -0.15) is 8.42 Å². The Bertz CT molecular complexity index is 735. The Morgan fingerprint density at radius 3 is 2.60 bits per heavy atom. The highest BCUT2D eigenvalue weighted by molar-refractivity contribution is 7.87. The van der Waals surface area contributed by atoms with Gasteiger partial charge >= 0.3 is 15.9 Å². The summed E-state index contributed by atoms with van der Waals surface area (Å²) >= 11 is 0. The molecule has 0 atom stereocenters. The lowest BCUT2D eigenvalue weighted by Crippen LogP contribution is -2.27. The lowest BCUT2D eigenvalue weighted by molar-refractivity contribution is 0.590. The number of rotatable bonds is 1. The SMILES string of the molecule is NS(=O)(=O)n1cnc2[nH]c(=O)[nH]c(=O)c21. The molecule has 0 spiro atoms. The molecule has 0 aliphatic carbocycles. The van der Waals surface area contributed by atoms with Crippen molar-refractivity contribution in [1.82, 2.24) is 18.9 Å². The number of nitrogens with zero attached hydrogens (tertiary/aromatic N) is 2. The first-order valence-electron chi connectivity index (χ1n) is 3.62. The molecule has 0 amide bonds. The summed E-state index contributed by atoms with van der Waals surface area (Å²) in [6.45, 7) is 0. The van der Waals surface area contributed by atoms with Crippen LogP contribution in [0.4, 0.5) is 0 Å². The molecule has 4 N–H and O–H groups in total. The van der Waals surface area contributed by atoms with Gasteiger partial charge in [0.15, 0.2) is 11.2 Å². The van der Waals surface area contributed by atoms with E-state index in [0.717, 1.165) is 6.33 Å². The van der Waals surface area contributed by atoms with E-state index in [1.807, 2.05) is 4.98 Å². The van der Waals surface area contributed by atoms with Crippen LogP contribution in [0.25, 0.3) is 11.2 Å². The van der Waals surface area contributed by atoms with Gasteiger partial charge < -0.3 is 0 Å². The first-order valence-corrected chi connectivity index (χ1v) is 5.13. The molecule has 0 saturated carbocycles.